The summed E-state index contributed by atoms with van der Waals surface area (Å²) in [6, 6.07) is 5.83. The number of alkyl halides is 3. The van der Waals surface area contributed by atoms with Gasteiger partial charge in [0, 0.05) is 16.7 Å². The van der Waals surface area contributed by atoms with Crippen LogP contribution in [0.25, 0.3) is 0 Å². The molecule has 1 N–H and O–H groups in total. The molecule has 0 unspecified atom stereocenters. The molecule has 0 amide bonds. The SMILES string of the molecule is O=S(=O)(Nc1ccc(Oc2cc(F)cc(Cl)c2)c(Cl)c1CCl)C(F)F. The molecule has 0 spiro atoms. The van der Waals surface area contributed by atoms with E-state index in [0.29, 0.717) is 0 Å². The Morgan fingerprint density at radius 3 is 2.40 bits per heavy atom. The lowest BCUT2D eigenvalue weighted by molar-refractivity contribution is 0.236. The second-order valence-electron chi connectivity index (χ2n) is 4.65. The minimum Gasteiger partial charge on any atom is -0.456 e. The fourth-order valence-corrected chi connectivity index (χ4v) is 3.23. The molecule has 0 fully saturated rings. The molecule has 0 atom stereocenters. The molecule has 0 aromatic heterocycles. The van der Waals surface area contributed by atoms with Crippen LogP contribution in [0.1, 0.15) is 5.56 Å². The number of hydrogen-bond acceptors (Lipinski definition) is 3. The molecule has 25 heavy (non-hydrogen) atoms. The summed E-state index contributed by atoms with van der Waals surface area (Å²) in [6.07, 6.45) is 0. The van der Waals surface area contributed by atoms with Gasteiger partial charge in [0.2, 0.25) is 0 Å². The molecule has 4 nitrogen and oxygen atoms in total. The number of rotatable bonds is 6. The third-order valence-electron chi connectivity index (χ3n) is 2.89. The van der Waals surface area contributed by atoms with Crippen LogP contribution in [0.5, 0.6) is 11.5 Å². The smallest absolute Gasteiger partial charge is 0.355 e. The van der Waals surface area contributed by atoms with Gasteiger partial charge in [0.05, 0.1) is 16.6 Å². The van der Waals surface area contributed by atoms with Crippen molar-refractivity contribution >= 4 is 50.5 Å². The van der Waals surface area contributed by atoms with E-state index in [-0.39, 0.29) is 38.7 Å². The molecule has 0 saturated carbocycles. The van der Waals surface area contributed by atoms with Crippen LogP contribution < -0.4 is 9.46 Å². The summed E-state index contributed by atoms with van der Waals surface area (Å²) < 4.78 is 68.0. The maximum absolute atomic E-state index is 13.3. The highest BCUT2D eigenvalue weighted by atomic mass is 35.5. The predicted molar refractivity (Wildman–Crippen MR) is 91.0 cm³/mol. The first-order valence-electron chi connectivity index (χ1n) is 6.45. The average molecular weight is 435 g/mol. The summed E-state index contributed by atoms with van der Waals surface area (Å²) in [7, 11) is -4.89. The standard InChI is InChI=1S/C14H9Cl3F3NO3S/c15-6-10-11(21-25(22,23)14(19)20)1-2-12(13(10)17)24-9-4-7(16)3-8(18)5-9/h1-5,14,21H,6H2. The third-order valence-corrected chi connectivity index (χ3v) is 4.77. The van der Waals surface area contributed by atoms with Crippen LogP contribution in [-0.4, -0.2) is 14.2 Å². The van der Waals surface area contributed by atoms with E-state index in [0.717, 1.165) is 18.2 Å². The normalized spacial score (nSPS) is 11.6. The van der Waals surface area contributed by atoms with Gasteiger partial charge in [-0.15, -0.1) is 11.6 Å². The van der Waals surface area contributed by atoms with Crippen molar-refractivity contribution in [3.8, 4) is 11.5 Å². The van der Waals surface area contributed by atoms with Crippen LogP contribution in [0.2, 0.25) is 10.0 Å². The zero-order chi connectivity index (χ0) is 18.8. The Bertz CT molecular complexity index is 874. The molecule has 11 heteroatoms. The predicted octanol–water partition coefficient (Wildman–Crippen LogP) is 5.63. The van der Waals surface area contributed by atoms with Crippen LogP contribution in [-0.2, 0) is 15.9 Å². The molecule has 136 valence electrons. The maximum atomic E-state index is 13.3. The van der Waals surface area contributed by atoms with Crippen molar-refractivity contribution in [3.63, 3.8) is 0 Å². The minimum atomic E-state index is -4.89. The van der Waals surface area contributed by atoms with E-state index in [1.165, 1.54) is 12.1 Å². The first-order chi connectivity index (χ1) is 11.6. The number of hydrogen-bond donors (Lipinski definition) is 1. The summed E-state index contributed by atoms with van der Waals surface area (Å²) in [5.41, 5.74) is -0.197. The number of ether oxygens (including phenoxy) is 1. The largest absolute Gasteiger partial charge is 0.456 e. The summed E-state index contributed by atoms with van der Waals surface area (Å²) in [6.45, 7) is 0. The fourth-order valence-electron chi connectivity index (χ4n) is 1.82. The Morgan fingerprint density at radius 1 is 1.16 bits per heavy atom. The van der Waals surface area contributed by atoms with Crippen LogP contribution in [0.4, 0.5) is 18.9 Å². The number of benzene rings is 2. The van der Waals surface area contributed by atoms with Gasteiger partial charge < -0.3 is 4.74 Å². The van der Waals surface area contributed by atoms with Gasteiger partial charge >= 0.3 is 5.76 Å². The molecular weight excluding hydrogens is 426 g/mol. The Balaban J connectivity index is 2.39. The molecule has 0 radical (unpaired) electrons. The van der Waals surface area contributed by atoms with E-state index in [4.69, 9.17) is 39.5 Å². The molecule has 0 bridgehead atoms. The Morgan fingerprint density at radius 2 is 1.84 bits per heavy atom. The molecule has 0 aliphatic carbocycles. The zero-order valence-electron chi connectivity index (χ0n) is 12.1. The number of anilines is 1. The van der Waals surface area contributed by atoms with Crippen molar-refractivity contribution in [2.75, 3.05) is 4.72 Å². The molecule has 0 aliphatic rings. The van der Waals surface area contributed by atoms with Crippen molar-refractivity contribution in [1.29, 1.82) is 0 Å². The van der Waals surface area contributed by atoms with Crippen LogP contribution >= 0.6 is 34.8 Å². The van der Waals surface area contributed by atoms with Crippen molar-refractivity contribution in [3.05, 3.63) is 51.8 Å². The van der Waals surface area contributed by atoms with Gasteiger partial charge in [-0.1, -0.05) is 23.2 Å². The summed E-state index contributed by atoms with van der Waals surface area (Å²) >= 11 is 17.5. The third kappa shape index (κ3) is 4.84. The van der Waals surface area contributed by atoms with E-state index in [9.17, 15) is 21.6 Å². The van der Waals surface area contributed by atoms with E-state index in [1.54, 1.807) is 4.72 Å². The fraction of sp³-hybridized carbons (Fsp3) is 0.143. The van der Waals surface area contributed by atoms with E-state index < -0.39 is 21.6 Å². The van der Waals surface area contributed by atoms with Crippen molar-refractivity contribution in [1.82, 2.24) is 0 Å². The second kappa shape index (κ2) is 7.90. The lowest BCUT2D eigenvalue weighted by atomic mass is 10.2. The second-order valence-corrected chi connectivity index (χ2v) is 7.38. The van der Waals surface area contributed by atoms with Gasteiger partial charge in [0.25, 0.3) is 10.0 Å². The average Bonchev–Trinajstić information content (AvgIpc) is 2.49. The zero-order valence-corrected chi connectivity index (χ0v) is 15.2. The van der Waals surface area contributed by atoms with Gasteiger partial charge in [-0.05, 0) is 24.3 Å². The van der Waals surface area contributed by atoms with Gasteiger partial charge in [-0.25, -0.2) is 12.8 Å². The first-order valence-corrected chi connectivity index (χ1v) is 9.29. The molecule has 2 rings (SSSR count). The Labute approximate surface area is 156 Å². The molecule has 2 aromatic rings. The molecular formula is C14H9Cl3F3NO3S. The van der Waals surface area contributed by atoms with E-state index in [1.807, 2.05) is 0 Å². The number of halogens is 6. The van der Waals surface area contributed by atoms with Gasteiger partial charge in [-0.2, -0.15) is 8.78 Å². The Kier molecular flexibility index (Phi) is 6.31. The van der Waals surface area contributed by atoms with Crippen molar-refractivity contribution < 1.29 is 26.3 Å². The quantitative estimate of drug-likeness (QED) is 0.600. The lowest BCUT2D eigenvalue weighted by Crippen LogP contribution is -2.21. The summed E-state index contributed by atoms with van der Waals surface area (Å²) in [4.78, 5) is 0. The number of sulfonamides is 1. The highest BCUT2D eigenvalue weighted by Gasteiger charge is 2.26. The molecule has 2 aromatic carbocycles. The monoisotopic (exact) mass is 433 g/mol. The summed E-state index contributed by atoms with van der Waals surface area (Å²) in [5.74, 6) is -4.51. The van der Waals surface area contributed by atoms with E-state index in [2.05, 4.69) is 0 Å². The number of nitrogens with one attached hydrogen (secondary N) is 1. The molecule has 0 heterocycles. The van der Waals surface area contributed by atoms with Gasteiger partial charge in [0.15, 0.2) is 0 Å². The lowest BCUT2D eigenvalue weighted by Gasteiger charge is -2.15. The van der Waals surface area contributed by atoms with Crippen molar-refractivity contribution in [2.45, 2.75) is 11.6 Å². The van der Waals surface area contributed by atoms with Crippen molar-refractivity contribution in [2.24, 2.45) is 0 Å². The van der Waals surface area contributed by atoms with Gasteiger partial charge in [0.1, 0.15) is 17.3 Å². The molecule has 0 saturated heterocycles. The first kappa shape index (κ1) is 20.0. The summed E-state index contributed by atoms with van der Waals surface area (Å²) in [5, 5.41) is -0.0325. The molecule has 0 aliphatic heterocycles. The van der Waals surface area contributed by atoms with Crippen LogP contribution in [0.15, 0.2) is 30.3 Å². The maximum Gasteiger partial charge on any atom is 0.355 e. The van der Waals surface area contributed by atoms with Crippen LogP contribution in [0.3, 0.4) is 0 Å². The van der Waals surface area contributed by atoms with Crippen LogP contribution in [0, 0.1) is 5.82 Å². The van der Waals surface area contributed by atoms with Gasteiger partial charge in [-0.3, -0.25) is 4.72 Å². The minimum absolute atomic E-state index is 0.0129. The highest BCUT2D eigenvalue weighted by Crippen LogP contribution is 2.38. The van der Waals surface area contributed by atoms with E-state index >= 15 is 0 Å². The Hall–Kier alpha value is -1.35. The topological polar surface area (TPSA) is 55.4 Å². The highest BCUT2D eigenvalue weighted by molar-refractivity contribution is 7.93.